The van der Waals surface area contributed by atoms with E-state index in [1.807, 2.05) is 6.07 Å². The Hall–Kier alpha value is -4.62. The fourth-order valence-electron chi connectivity index (χ4n) is 4.67. The van der Waals surface area contributed by atoms with E-state index in [1.54, 1.807) is 0 Å². The van der Waals surface area contributed by atoms with Gasteiger partial charge in [0.25, 0.3) is 0 Å². The van der Waals surface area contributed by atoms with E-state index in [-0.39, 0.29) is 0 Å². The lowest BCUT2D eigenvalue weighted by Gasteiger charge is -2.15. The zero-order chi connectivity index (χ0) is 23.5. The Bertz CT molecular complexity index is 1580. The quantitative estimate of drug-likeness (QED) is 0.277. The van der Waals surface area contributed by atoms with E-state index in [0.717, 1.165) is 11.4 Å². The molecule has 6 rings (SSSR count). The van der Waals surface area contributed by atoms with Crippen molar-refractivity contribution in [3.63, 3.8) is 0 Å². The molecular formula is C34H25N. The van der Waals surface area contributed by atoms with Crippen LogP contribution in [0.2, 0.25) is 0 Å². The number of hydrogen-bond donors (Lipinski definition) is 1. The molecule has 0 spiro atoms. The maximum atomic E-state index is 3.64. The molecule has 0 amide bonds. The topological polar surface area (TPSA) is 12.0 Å². The number of anilines is 2. The van der Waals surface area contributed by atoms with Gasteiger partial charge in [0.1, 0.15) is 0 Å². The standard InChI is InChI=1S/C34H25N/c1-2-9-25(10-3-1)26-17-19-27(20-18-26)28-21-23-30(24-22-28)35-34-16-7-6-14-33(34)32-15-8-12-29-11-4-5-13-31(29)32/h1-24,35H. The Morgan fingerprint density at radius 2 is 0.857 bits per heavy atom. The van der Waals surface area contributed by atoms with Crippen LogP contribution in [0, 0.1) is 0 Å². The van der Waals surface area contributed by atoms with Crippen LogP contribution in [-0.2, 0) is 0 Å². The molecule has 0 aromatic heterocycles. The van der Waals surface area contributed by atoms with Crippen LogP contribution >= 0.6 is 0 Å². The molecule has 0 fully saturated rings. The van der Waals surface area contributed by atoms with Crippen LogP contribution in [0.3, 0.4) is 0 Å². The van der Waals surface area contributed by atoms with E-state index in [9.17, 15) is 0 Å². The number of rotatable bonds is 5. The minimum atomic E-state index is 1.07. The van der Waals surface area contributed by atoms with Crippen molar-refractivity contribution in [1.29, 1.82) is 0 Å². The van der Waals surface area contributed by atoms with E-state index >= 15 is 0 Å². The molecule has 1 N–H and O–H groups in total. The normalized spacial score (nSPS) is 10.9. The molecule has 0 saturated carbocycles. The molecule has 1 nitrogen and oxygen atoms in total. The molecule has 166 valence electrons. The molecule has 0 aliphatic heterocycles. The van der Waals surface area contributed by atoms with Crippen LogP contribution in [0.5, 0.6) is 0 Å². The minimum absolute atomic E-state index is 1.07. The molecule has 0 atom stereocenters. The molecule has 0 radical (unpaired) electrons. The summed E-state index contributed by atoms with van der Waals surface area (Å²) in [7, 11) is 0. The lowest BCUT2D eigenvalue weighted by atomic mass is 9.97. The Kier molecular flexibility index (Phi) is 5.58. The maximum Gasteiger partial charge on any atom is 0.0464 e. The van der Waals surface area contributed by atoms with Crippen molar-refractivity contribution in [1.82, 2.24) is 0 Å². The number of para-hydroxylation sites is 1. The molecule has 0 unspecified atom stereocenters. The van der Waals surface area contributed by atoms with Crippen LogP contribution < -0.4 is 5.32 Å². The first-order valence-corrected chi connectivity index (χ1v) is 12.0. The Morgan fingerprint density at radius 3 is 1.60 bits per heavy atom. The average Bonchev–Trinajstić information content (AvgIpc) is 2.94. The van der Waals surface area contributed by atoms with Crippen molar-refractivity contribution in [2.24, 2.45) is 0 Å². The molecule has 0 heterocycles. The summed E-state index contributed by atoms with van der Waals surface area (Å²) < 4.78 is 0. The first-order chi connectivity index (χ1) is 17.3. The van der Waals surface area contributed by atoms with E-state index in [0.29, 0.717) is 0 Å². The Balaban J connectivity index is 1.26. The summed E-state index contributed by atoms with van der Waals surface area (Å²) in [6.07, 6.45) is 0. The van der Waals surface area contributed by atoms with Gasteiger partial charge in [-0.2, -0.15) is 0 Å². The zero-order valence-corrected chi connectivity index (χ0v) is 19.4. The zero-order valence-electron chi connectivity index (χ0n) is 19.4. The SMILES string of the molecule is c1ccc(-c2ccc(-c3ccc(Nc4ccccc4-c4cccc5ccccc45)cc3)cc2)cc1. The van der Waals surface area contributed by atoms with Crippen molar-refractivity contribution in [3.8, 4) is 33.4 Å². The Labute approximate surface area is 206 Å². The summed E-state index contributed by atoms with van der Waals surface area (Å²) in [5.41, 5.74) is 9.50. The average molecular weight is 448 g/mol. The second-order valence-corrected chi connectivity index (χ2v) is 8.72. The third-order valence-corrected chi connectivity index (χ3v) is 6.50. The highest BCUT2D eigenvalue weighted by Gasteiger charge is 2.09. The number of fused-ring (bicyclic) bond motifs is 1. The molecule has 0 aliphatic carbocycles. The van der Waals surface area contributed by atoms with Gasteiger partial charge in [-0.25, -0.2) is 0 Å². The molecular weight excluding hydrogens is 422 g/mol. The second kappa shape index (κ2) is 9.32. The lowest BCUT2D eigenvalue weighted by Crippen LogP contribution is -1.94. The van der Waals surface area contributed by atoms with E-state index < -0.39 is 0 Å². The van der Waals surface area contributed by atoms with Crippen molar-refractivity contribution in [3.05, 3.63) is 146 Å². The second-order valence-electron chi connectivity index (χ2n) is 8.72. The molecule has 1 heteroatoms. The Morgan fingerprint density at radius 1 is 0.343 bits per heavy atom. The third kappa shape index (κ3) is 4.32. The minimum Gasteiger partial charge on any atom is -0.355 e. The van der Waals surface area contributed by atoms with Crippen LogP contribution in [0.4, 0.5) is 11.4 Å². The highest BCUT2D eigenvalue weighted by atomic mass is 14.9. The largest absolute Gasteiger partial charge is 0.355 e. The van der Waals surface area contributed by atoms with Crippen LogP contribution in [0.25, 0.3) is 44.2 Å². The number of benzene rings is 6. The van der Waals surface area contributed by atoms with Gasteiger partial charge in [-0.1, -0.05) is 127 Å². The first-order valence-electron chi connectivity index (χ1n) is 12.0. The van der Waals surface area contributed by atoms with Gasteiger partial charge in [0, 0.05) is 16.9 Å². The van der Waals surface area contributed by atoms with Crippen LogP contribution in [0.1, 0.15) is 0 Å². The van der Waals surface area contributed by atoms with Crippen molar-refractivity contribution in [2.75, 3.05) is 5.32 Å². The van der Waals surface area contributed by atoms with Gasteiger partial charge in [-0.15, -0.1) is 0 Å². The van der Waals surface area contributed by atoms with Gasteiger partial charge in [0.15, 0.2) is 0 Å². The summed E-state index contributed by atoms with van der Waals surface area (Å²) in [6, 6.07) is 51.5. The molecule has 0 saturated heterocycles. The molecule has 0 aliphatic rings. The highest BCUT2D eigenvalue weighted by Crippen LogP contribution is 2.35. The lowest BCUT2D eigenvalue weighted by molar-refractivity contribution is 1.53. The molecule has 6 aromatic rings. The van der Waals surface area contributed by atoms with Gasteiger partial charge < -0.3 is 5.32 Å². The van der Waals surface area contributed by atoms with Gasteiger partial charge >= 0.3 is 0 Å². The fourth-order valence-corrected chi connectivity index (χ4v) is 4.67. The van der Waals surface area contributed by atoms with E-state index in [2.05, 4.69) is 145 Å². The fraction of sp³-hybridized carbons (Fsp3) is 0. The molecule has 6 aromatic carbocycles. The van der Waals surface area contributed by atoms with Crippen molar-refractivity contribution in [2.45, 2.75) is 0 Å². The third-order valence-electron chi connectivity index (χ3n) is 6.50. The maximum absolute atomic E-state index is 3.64. The van der Waals surface area contributed by atoms with Crippen LogP contribution in [-0.4, -0.2) is 0 Å². The monoisotopic (exact) mass is 447 g/mol. The van der Waals surface area contributed by atoms with Crippen molar-refractivity contribution >= 4 is 22.1 Å². The smallest absolute Gasteiger partial charge is 0.0464 e. The summed E-state index contributed by atoms with van der Waals surface area (Å²) in [6.45, 7) is 0. The van der Waals surface area contributed by atoms with E-state index in [4.69, 9.17) is 0 Å². The van der Waals surface area contributed by atoms with Gasteiger partial charge in [0.05, 0.1) is 0 Å². The molecule has 35 heavy (non-hydrogen) atoms. The molecule has 0 bridgehead atoms. The predicted molar refractivity (Wildman–Crippen MR) is 150 cm³/mol. The number of hydrogen-bond acceptors (Lipinski definition) is 1. The highest BCUT2D eigenvalue weighted by molar-refractivity contribution is 6.00. The first kappa shape index (κ1) is 20.9. The van der Waals surface area contributed by atoms with Crippen LogP contribution in [0.15, 0.2) is 146 Å². The number of nitrogens with one attached hydrogen (secondary N) is 1. The predicted octanol–water partition coefficient (Wildman–Crippen LogP) is 9.58. The van der Waals surface area contributed by atoms with Gasteiger partial charge in [-0.05, 0) is 56.8 Å². The summed E-state index contributed by atoms with van der Waals surface area (Å²) >= 11 is 0. The van der Waals surface area contributed by atoms with Gasteiger partial charge in [-0.3, -0.25) is 0 Å². The summed E-state index contributed by atoms with van der Waals surface area (Å²) in [5.74, 6) is 0. The van der Waals surface area contributed by atoms with E-state index in [1.165, 1.54) is 44.2 Å². The van der Waals surface area contributed by atoms with Crippen molar-refractivity contribution < 1.29 is 0 Å². The summed E-state index contributed by atoms with van der Waals surface area (Å²) in [5, 5.41) is 6.16. The summed E-state index contributed by atoms with van der Waals surface area (Å²) in [4.78, 5) is 0. The van der Waals surface area contributed by atoms with Gasteiger partial charge in [0.2, 0.25) is 0 Å².